The van der Waals surface area contributed by atoms with Gasteiger partial charge in [-0.25, -0.2) is 9.78 Å². The van der Waals surface area contributed by atoms with Gasteiger partial charge in [0, 0.05) is 18.0 Å². The molecule has 12 heteroatoms. The first-order valence-corrected chi connectivity index (χ1v) is 12.9. The second-order valence-electron chi connectivity index (χ2n) is 10.9. The van der Waals surface area contributed by atoms with Crippen molar-refractivity contribution in [3.8, 4) is 0 Å². The van der Waals surface area contributed by atoms with Gasteiger partial charge in [-0.05, 0) is 76.6 Å². The normalized spacial score (nSPS) is 17.9. The number of esters is 2. The van der Waals surface area contributed by atoms with Gasteiger partial charge in [-0.15, -0.1) is 0 Å². The number of anilines is 1. The highest BCUT2D eigenvalue weighted by molar-refractivity contribution is 6.09. The summed E-state index contributed by atoms with van der Waals surface area (Å²) >= 11 is 0. The van der Waals surface area contributed by atoms with Crippen molar-refractivity contribution in [2.75, 3.05) is 12.4 Å². The first-order valence-electron chi connectivity index (χ1n) is 12.9. The van der Waals surface area contributed by atoms with Crippen LogP contribution in [0.15, 0.2) is 36.5 Å². The standard InChI is InChI=1S/C28H31F3N4O5/c1-27(2,3)40-24(36)12-16-8-10-18(11-9-16)35-15-17-13-22(19(26(38)39-4)14-21(17)34-35)33-25(37)20-6-5-7-23(32-20)28(29,30)31/h5-7,13-16,18H,8-12H2,1-4H3,(H,33,37). The Morgan fingerprint density at radius 3 is 2.40 bits per heavy atom. The highest BCUT2D eigenvalue weighted by Gasteiger charge is 2.33. The van der Waals surface area contributed by atoms with Gasteiger partial charge in [0.1, 0.15) is 17.0 Å². The number of nitrogens with one attached hydrogen (secondary N) is 1. The zero-order chi connectivity index (χ0) is 29.2. The predicted molar refractivity (Wildman–Crippen MR) is 140 cm³/mol. The lowest BCUT2D eigenvalue weighted by molar-refractivity contribution is -0.156. The minimum Gasteiger partial charge on any atom is -0.465 e. The van der Waals surface area contributed by atoms with Gasteiger partial charge in [0.2, 0.25) is 0 Å². The fourth-order valence-corrected chi connectivity index (χ4v) is 4.80. The molecule has 9 nitrogen and oxygen atoms in total. The number of benzene rings is 1. The number of alkyl halides is 3. The number of hydrogen-bond donors (Lipinski definition) is 1. The van der Waals surface area contributed by atoms with Crippen molar-refractivity contribution in [3.63, 3.8) is 0 Å². The number of pyridine rings is 1. The average Bonchev–Trinajstić information content (AvgIpc) is 3.29. The molecule has 1 fully saturated rings. The van der Waals surface area contributed by atoms with Gasteiger partial charge in [0.05, 0.1) is 29.9 Å². The van der Waals surface area contributed by atoms with Crippen LogP contribution in [0, 0.1) is 5.92 Å². The summed E-state index contributed by atoms with van der Waals surface area (Å²) in [5.74, 6) is -1.63. The maximum absolute atomic E-state index is 13.1. The summed E-state index contributed by atoms with van der Waals surface area (Å²) in [5, 5.41) is 7.74. The lowest BCUT2D eigenvalue weighted by Crippen LogP contribution is -2.27. The highest BCUT2D eigenvalue weighted by atomic mass is 19.4. The summed E-state index contributed by atoms with van der Waals surface area (Å²) in [7, 11) is 1.18. The first kappa shape index (κ1) is 29.0. The van der Waals surface area contributed by atoms with E-state index in [1.807, 2.05) is 25.5 Å². The summed E-state index contributed by atoms with van der Waals surface area (Å²) in [6.45, 7) is 5.53. The zero-order valence-corrected chi connectivity index (χ0v) is 22.7. The Balaban J connectivity index is 1.52. The molecule has 0 unspecified atom stereocenters. The van der Waals surface area contributed by atoms with Crippen molar-refractivity contribution < 1.29 is 37.0 Å². The number of halogens is 3. The topological polar surface area (TPSA) is 112 Å². The van der Waals surface area contributed by atoms with E-state index < -0.39 is 35.0 Å². The number of carbonyl (C=O) groups excluding carboxylic acids is 3. The number of hydrogen-bond acceptors (Lipinski definition) is 7. The van der Waals surface area contributed by atoms with E-state index in [-0.39, 0.29) is 29.2 Å². The quantitative estimate of drug-likeness (QED) is 0.371. The van der Waals surface area contributed by atoms with Crippen LogP contribution in [0.2, 0.25) is 0 Å². The van der Waals surface area contributed by atoms with Crippen LogP contribution >= 0.6 is 0 Å². The van der Waals surface area contributed by atoms with Gasteiger partial charge >= 0.3 is 18.1 Å². The molecule has 0 saturated heterocycles. The van der Waals surface area contributed by atoms with E-state index in [1.54, 1.807) is 6.20 Å². The minimum atomic E-state index is -4.71. The molecule has 1 amide bonds. The molecular formula is C28H31F3N4O5. The number of aromatic nitrogens is 3. The molecule has 2 aromatic heterocycles. The molecular weight excluding hydrogens is 529 g/mol. The van der Waals surface area contributed by atoms with Gasteiger partial charge < -0.3 is 14.8 Å². The van der Waals surface area contributed by atoms with Crippen LogP contribution in [0.25, 0.3) is 10.9 Å². The molecule has 214 valence electrons. The SMILES string of the molecule is COC(=O)c1cc2nn(C3CCC(CC(=O)OC(C)(C)C)CC3)cc2cc1NC(=O)c1cccc(C(F)(F)F)n1. The molecule has 4 rings (SSSR count). The monoisotopic (exact) mass is 560 g/mol. The Hall–Kier alpha value is -3.96. The number of carbonyl (C=O) groups is 3. The van der Waals surface area contributed by atoms with Crippen LogP contribution < -0.4 is 5.32 Å². The molecule has 1 aromatic carbocycles. The van der Waals surface area contributed by atoms with Gasteiger partial charge in [0.15, 0.2) is 0 Å². The van der Waals surface area contributed by atoms with Gasteiger partial charge in [-0.2, -0.15) is 18.3 Å². The molecule has 1 N–H and O–H groups in total. The molecule has 0 atom stereocenters. The summed E-state index contributed by atoms with van der Waals surface area (Å²) < 4.78 is 51.3. The van der Waals surface area contributed by atoms with E-state index in [2.05, 4.69) is 15.4 Å². The number of nitrogens with zero attached hydrogens (tertiary/aromatic N) is 3. The van der Waals surface area contributed by atoms with Crippen molar-refractivity contribution in [3.05, 3.63) is 53.5 Å². The Kier molecular flexibility index (Phi) is 8.18. The maximum atomic E-state index is 13.1. The number of rotatable bonds is 6. The van der Waals surface area contributed by atoms with Gasteiger partial charge in [0.25, 0.3) is 5.91 Å². The number of ether oxygens (including phenoxy) is 2. The highest BCUT2D eigenvalue weighted by Crippen LogP contribution is 2.35. The van der Waals surface area contributed by atoms with Crippen LogP contribution in [0.3, 0.4) is 0 Å². The Morgan fingerprint density at radius 2 is 1.77 bits per heavy atom. The van der Waals surface area contributed by atoms with Gasteiger partial charge in [-0.1, -0.05) is 6.07 Å². The summed E-state index contributed by atoms with van der Waals surface area (Å²) in [4.78, 5) is 40.9. The van der Waals surface area contributed by atoms with E-state index >= 15 is 0 Å². The predicted octanol–water partition coefficient (Wildman–Crippen LogP) is 5.95. The molecule has 1 saturated carbocycles. The van der Waals surface area contributed by atoms with Crippen molar-refractivity contribution >= 4 is 34.4 Å². The number of amides is 1. The molecule has 0 bridgehead atoms. The molecule has 0 radical (unpaired) electrons. The van der Waals surface area contributed by atoms with E-state index in [0.29, 0.717) is 17.3 Å². The Bertz CT molecular complexity index is 1420. The lowest BCUT2D eigenvalue weighted by atomic mass is 9.84. The molecule has 40 heavy (non-hydrogen) atoms. The van der Waals surface area contributed by atoms with Crippen LogP contribution in [0.5, 0.6) is 0 Å². The third kappa shape index (κ3) is 6.97. The Morgan fingerprint density at radius 1 is 1.07 bits per heavy atom. The smallest absolute Gasteiger partial charge is 0.433 e. The average molecular weight is 561 g/mol. The van der Waals surface area contributed by atoms with Crippen molar-refractivity contribution in [1.82, 2.24) is 14.8 Å². The lowest BCUT2D eigenvalue weighted by Gasteiger charge is -2.29. The van der Waals surface area contributed by atoms with Crippen LogP contribution in [-0.2, 0) is 20.4 Å². The van der Waals surface area contributed by atoms with Crippen LogP contribution in [0.1, 0.15) is 85.5 Å². The zero-order valence-electron chi connectivity index (χ0n) is 22.7. The second kappa shape index (κ2) is 11.3. The van der Waals surface area contributed by atoms with Crippen LogP contribution in [-0.4, -0.2) is 45.3 Å². The third-order valence-electron chi connectivity index (χ3n) is 6.65. The fourth-order valence-electron chi connectivity index (χ4n) is 4.80. The third-order valence-corrected chi connectivity index (χ3v) is 6.65. The van der Waals surface area contributed by atoms with E-state index in [9.17, 15) is 27.6 Å². The minimum absolute atomic E-state index is 0.00152. The molecule has 3 aromatic rings. The van der Waals surface area contributed by atoms with Crippen molar-refractivity contribution in [2.45, 2.75) is 70.7 Å². The largest absolute Gasteiger partial charge is 0.465 e. The number of fused-ring (bicyclic) bond motifs is 1. The Labute approximate surface area is 229 Å². The second-order valence-corrected chi connectivity index (χ2v) is 10.9. The molecule has 0 spiro atoms. The van der Waals surface area contributed by atoms with Crippen molar-refractivity contribution in [1.29, 1.82) is 0 Å². The molecule has 1 aliphatic rings. The van der Waals surface area contributed by atoms with Crippen molar-refractivity contribution in [2.24, 2.45) is 5.92 Å². The van der Waals surface area contributed by atoms with E-state index in [1.165, 1.54) is 19.2 Å². The van der Waals surface area contributed by atoms with Crippen LogP contribution in [0.4, 0.5) is 18.9 Å². The summed E-state index contributed by atoms with van der Waals surface area (Å²) in [6.07, 6.45) is 0.727. The molecule has 1 aliphatic carbocycles. The fraction of sp³-hybridized carbons (Fsp3) is 0.464. The maximum Gasteiger partial charge on any atom is 0.433 e. The molecule has 0 aliphatic heterocycles. The van der Waals surface area contributed by atoms with E-state index in [4.69, 9.17) is 9.47 Å². The number of methoxy groups -OCH3 is 1. The van der Waals surface area contributed by atoms with Gasteiger partial charge in [-0.3, -0.25) is 14.3 Å². The van der Waals surface area contributed by atoms with E-state index in [0.717, 1.165) is 43.9 Å². The molecule has 2 heterocycles. The first-order chi connectivity index (χ1) is 18.7. The summed E-state index contributed by atoms with van der Waals surface area (Å²) in [6, 6.07) is 6.09. The summed E-state index contributed by atoms with van der Waals surface area (Å²) in [5.41, 5.74) is -1.62.